The van der Waals surface area contributed by atoms with Crippen LogP contribution in [0.4, 0.5) is 0 Å². The quantitative estimate of drug-likeness (QED) is 0.446. The number of rotatable bonds is 3. The Hall–Kier alpha value is -1.84. The molecule has 15 heavy (non-hydrogen) atoms. The van der Waals surface area contributed by atoms with Gasteiger partial charge in [-0.15, -0.1) is 0 Å². The molecule has 0 aromatic heterocycles. The first-order chi connectivity index (χ1) is 7.15. The van der Waals surface area contributed by atoms with Crippen LogP contribution in [0.15, 0.2) is 35.5 Å². The van der Waals surface area contributed by atoms with Crippen LogP contribution in [0.25, 0.3) is 0 Å². The van der Waals surface area contributed by atoms with E-state index in [0.717, 1.165) is 0 Å². The molecule has 1 aromatic carbocycles. The van der Waals surface area contributed by atoms with Gasteiger partial charge in [0.15, 0.2) is 5.71 Å². The number of nitrogens with one attached hydrogen (secondary N) is 1. The topological polar surface area (TPSA) is 61.7 Å². The molecule has 0 saturated heterocycles. The highest BCUT2D eigenvalue weighted by atomic mass is 16.4. The second-order valence-electron chi connectivity index (χ2n) is 3.44. The van der Waals surface area contributed by atoms with Crippen LogP contribution in [-0.2, 0) is 4.79 Å². The van der Waals surface area contributed by atoms with Gasteiger partial charge in [-0.25, -0.2) is 0 Å². The molecule has 0 heterocycles. The number of hydrogen-bond donors (Lipinski definition) is 2. The van der Waals surface area contributed by atoms with Crippen molar-refractivity contribution in [3.8, 4) is 0 Å². The lowest BCUT2D eigenvalue weighted by Crippen LogP contribution is -2.36. The van der Waals surface area contributed by atoms with Gasteiger partial charge in [0, 0.05) is 11.6 Å². The fourth-order valence-electron chi connectivity index (χ4n) is 1.16. The third kappa shape index (κ3) is 3.09. The van der Waals surface area contributed by atoms with E-state index in [0.29, 0.717) is 5.56 Å². The van der Waals surface area contributed by atoms with Gasteiger partial charge in [0.1, 0.15) is 0 Å². The number of nitrogens with zero attached hydrogens (tertiary/aromatic N) is 1. The lowest BCUT2D eigenvalue weighted by atomic mass is 10.1. The molecule has 80 valence electrons. The molecule has 0 aliphatic carbocycles. The van der Waals surface area contributed by atoms with E-state index in [1.807, 2.05) is 19.9 Å². The van der Waals surface area contributed by atoms with Crippen molar-refractivity contribution in [3.63, 3.8) is 0 Å². The molecular weight excluding hydrogens is 192 g/mol. The van der Waals surface area contributed by atoms with Gasteiger partial charge in [0.05, 0.1) is 0 Å². The van der Waals surface area contributed by atoms with Gasteiger partial charge in [0.2, 0.25) is 0 Å². The lowest BCUT2D eigenvalue weighted by molar-refractivity contribution is -0.115. The van der Waals surface area contributed by atoms with Gasteiger partial charge < -0.3 is 10.5 Å². The Morgan fingerprint density at radius 1 is 1.33 bits per heavy atom. The monoisotopic (exact) mass is 206 g/mol. The average Bonchev–Trinajstić information content (AvgIpc) is 2.19. The molecule has 0 spiro atoms. The highest BCUT2D eigenvalue weighted by Crippen LogP contribution is 2.01. The summed E-state index contributed by atoms with van der Waals surface area (Å²) in [6.45, 7) is 3.69. The number of hydrogen-bond acceptors (Lipinski definition) is 3. The van der Waals surface area contributed by atoms with Crippen LogP contribution in [0.2, 0.25) is 0 Å². The largest absolute Gasteiger partial charge is 0.410 e. The lowest BCUT2D eigenvalue weighted by Gasteiger charge is -2.09. The summed E-state index contributed by atoms with van der Waals surface area (Å²) in [5, 5.41) is 14.5. The molecule has 0 aliphatic rings. The van der Waals surface area contributed by atoms with Gasteiger partial charge in [0.25, 0.3) is 5.91 Å². The van der Waals surface area contributed by atoms with E-state index in [9.17, 15) is 4.79 Å². The zero-order chi connectivity index (χ0) is 11.3. The molecule has 0 aliphatic heterocycles. The number of benzene rings is 1. The van der Waals surface area contributed by atoms with Crippen molar-refractivity contribution in [2.24, 2.45) is 5.16 Å². The fourth-order valence-corrected chi connectivity index (χ4v) is 1.16. The molecule has 0 fully saturated rings. The van der Waals surface area contributed by atoms with Crippen molar-refractivity contribution < 1.29 is 10.0 Å². The third-order valence-electron chi connectivity index (χ3n) is 1.78. The molecule has 1 amide bonds. The molecule has 1 rings (SSSR count). The molecule has 0 atom stereocenters. The van der Waals surface area contributed by atoms with E-state index in [1.165, 1.54) is 0 Å². The predicted octanol–water partition coefficient (Wildman–Crippen LogP) is 1.39. The summed E-state index contributed by atoms with van der Waals surface area (Å²) in [5.41, 5.74) is 0.627. The first-order valence-electron chi connectivity index (χ1n) is 4.73. The zero-order valence-electron chi connectivity index (χ0n) is 8.77. The summed E-state index contributed by atoms with van der Waals surface area (Å²) in [4.78, 5) is 11.6. The van der Waals surface area contributed by atoms with Crippen molar-refractivity contribution in [2.75, 3.05) is 0 Å². The van der Waals surface area contributed by atoms with Gasteiger partial charge in [-0.2, -0.15) is 0 Å². The van der Waals surface area contributed by atoms with Crippen LogP contribution in [-0.4, -0.2) is 22.9 Å². The first kappa shape index (κ1) is 11.2. The molecule has 0 unspecified atom stereocenters. The first-order valence-corrected chi connectivity index (χ1v) is 4.73. The van der Waals surface area contributed by atoms with E-state index in [-0.39, 0.29) is 17.7 Å². The normalized spacial score (nSPS) is 11.5. The summed E-state index contributed by atoms with van der Waals surface area (Å²) < 4.78 is 0. The molecule has 0 radical (unpaired) electrons. The van der Waals surface area contributed by atoms with Crippen LogP contribution < -0.4 is 5.32 Å². The third-order valence-corrected chi connectivity index (χ3v) is 1.78. The van der Waals surface area contributed by atoms with Crippen molar-refractivity contribution in [2.45, 2.75) is 19.9 Å². The van der Waals surface area contributed by atoms with Crippen molar-refractivity contribution >= 4 is 11.6 Å². The molecular formula is C11H14N2O2. The predicted molar refractivity (Wildman–Crippen MR) is 58.0 cm³/mol. The van der Waals surface area contributed by atoms with E-state index >= 15 is 0 Å². The number of carbonyl (C=O) groups excluding carboxylic acids is 1. The number of oxime groups is 1. The van der Waals surface area contributed by atoms with E-state index < -0.39 is 0 Å². The van der Waals surface area contributed by atoms with Gasteiger partial charge in [-0.3, -0.25) is 4.79 Å². The SMILES string of the molecule is CC(C)NC(=O)C(=NO)c1ccccc1. The molecule has 4 nitrogen and oxygen atoms in total. The second kappa shape index (κ2) is 5.14. The molecule has 0 saturated carbocycles. The maximum Gasteiger partial charge on any atom is 0.274 e. The van der Waals surface area contributed by atoms with Crippen LogP contribution in [0.1, 0.15) is 19.4 Å². The van der Waals surface area contributed by atoms with E-state index in [1.54, 1.807) is 24.3 Å². The Labute approximate surface area is 88.6 Å². The van der Waals surface area contributed by atoms with Crippen LogP contribution in [0, 0.1) is 0 Å². The maximum absolute atomic E-state index is 11.6. The van der Waals surface area contributed by atoms with Gasteiger partial charge in [-0.1, -0.05) is 35.5 Å². The number of carbonyl (C=O) groups is 1. The minimum Gasteiger partial charge on any atom is -0.410 e. The van der Waals surface area contributed by atoms with Gasteiger partial charge in [-0.05, 0) is 13.8 Å². The second-order valence-corrected chi connectivity index (χ2v) is 3.44. The maximum atomic E-state index is 11.6. The molecule has 0 bridgehead atoms. The van der Waals surface area contributed by atoms with Crippen LogP contribution >= 0.6 is 0 Å². The summed E-state index contributed by atoms with van der Waals surface area (Å²) in [5.74, 6) is -0.376. The van der Waals surface area contributed by atoms with Gasteiger partial charge >= 0.3 is 0 Å². The van der Waals surface area contributed by atoms with Crippen molar-refractivity contribution in [1.29, 1.82) is 0 Å². The Morgan fingerprint density at radius 3 is 2.40 bits per heavy atom. The van der Waals surface area contributed by atoms with E-state index in [4.69, 9.17) is 5.21 Å². The average molecular weight is 206 g/mol. The Bertz CT molecular complexity index is 358. The minimum atomic E-state index is -0.376. The Balaban J connectivity index is 2.87. The summed E-state index contributed by atoms with van der Waals surface area (Å²) in [6, 6.07) is 8.84. The number of amides is 1. The highest BCUT2D eigenvalue weighted by molar-refractivity contribution is 6.45. The molecule has 1 aromatic rings. The molecule has 2 N–H and O–H groups in total. The summed E-state index contributed by atoms with van der Waals surface area (Å²) in [6.07, 6.45) is 0. The smallest absolute Gasteiger partial charge is 0.274 e. The Kier molecular flexibility index (Phi) is 3.85. The van der Waals surface area contributed by atoms with Crippen molar-refractivity contribution in [3.05, 3.63) is 35.9 Å². The standard InChI is InChI=1S/C11H14N2O2/c1-8(2)12-11(14)10(13-15)9-6-4-3-5-7-9/h3-8,15H,1-2H3,(H,12,14). The van der Waals surface area contributed by atoms with E-state index in [2.05, 4.69) is 10.5 Å². The highest BCUT2D eigenvalue weighted by Gasteiger charge is 2.14. The van der Waals surface area contributed by atoms with Crippen molar-refractivity contribution in [1.82, 2.24) is 5.32 Å². The summed E-state index contributed by atoms with van der Waals surface area (Å²) >= 11 is 0. The summed E-state index contributed by atoms with van der Waals surface area (Å²) in [7, 11) is 0. The molecule has 4 heteroatoms. The van der Waals surface area contributed by atoms with Crippen LogP contribution in [0.5, 0.6) is 0 Å². The van der Waals surface area contributed by atoms with Crippen LogP contribution in [0.3, 0.4) is 0 Å². The fraction of sp³-hybridized carbons (Fsp3) is 0.273. The Morgan fingerprint density at radius 2 is 1.93 bits per heavy atom. The zero-order valence-corrected chi connectivity index (χ0v) is 8.77. The minimum absolute atomic E-state index is 0.0120.